The third-order valence-corrected chi connectivity index (χ3v) is 4.92. The first kappa shape index (κ1) is 20.9. The number of hydrogen-bond acceptors (Lipinski definition) is 6. The van der Waals surface area contributed by atoms with Crippen molar-refractivity contribution in [1.29, 1.82) is 0 Å². The molecule has 0 spiro atoms. The molecule has 2 heterocycles. The third kappa shape index (κ3) is 3.98. The van der Waals surface area contributed by atoms with Crippen LogP contribution < -0.4 is 14.9 Å². The molecule has 162 valence electrons. The number of amides is 2. The maximum Gasteiger partial charge on any atom is 0.297 e. The summed E-state index contributed by atoms with van der Waals surface area (Å²) in [6.45, 7) is 1.68. The van der Waals surface area contributed by atoms with Gasteiger partial charge in [0, 0.05) is 5.56 Å². The molecule has 8 heteroatoms. The van der Waals surface area contributed by atoms with Crippen molar-refractivity contribution in [3.8, 4) is 11.5 Å². The zero-order valence-corrected chi connectivity index (χ0v) is 17.8. The van der Waals surface area contributed by atoms with Gasteiger partial charge in [0.15, 0.2) is 17.3 Å². The quantitative estimate of drug-likeness (QED) is 0.602. The summed E-state index contributed by atoms with van der Waals surface area (Å²) in [6, 6.07) is 16.0. The van der Waals surface area contributed by atoms with Crippen molar-refractivity contribution < 1.29 is 23.5 Å². The summed E-state index contributed by atoms with van der Waals surface area (Å²) in [5, 5.41) is 1.15. The van der Waals surface area contributed by atoms with E-state index in [0.717, 1.165) is 5.01 Å². The minimum atomic E-state index is -0.472. The van der Waals surface area contributed by atoms with Gasteiger partial charge in [-0.1, -0.05) is 36.4 Å². The number of amidine groups is 1. The number of nitrogens with one attached hydrogen (secondary N) is 1. The Bertz CT molecular complexity index is 1230. The highest BCUT2D eigenvalue weighted by atomic mass is 16.5. The van der Waals surface area contributed by atoms with E-state index in [1.165, 1.54) is 13.4 Å². The summed E-state index contributed by atoms with van der Waals surface area (Å²) in [5.41, 5.74) is 4.52. The molecule has 0 saturated carbocycles. The normalized spacial score (nSPS) is 14.5. The fourth-order valence-corrected chi connectivity index (χ4v) is 3.28. The van der Waals surface area contributed by atoms with E-state index in [-0.39, 0.29) is 5.70 Å². The smallest absolute Gasteiger partial charge is 0.297 e. The molecule has 2 amide bonds. The van der Waals surface area contributed by atoms with Gasteiger partial charge >= 0.3 is 0 Å². The summed E-state index contributed by atoms with van der Waals surface area (Å²) >= 11 is 0. The molecule has 2 aromatic carbocycles. The predicted molar refractivity (Wildman–Crippen MR) is 118 cm³/mol. The lowest BCUT2D eigenvalue weighted by Crippen LogP contribution is -2.47. The number of benzene rings is 2. The maximum atomic E-state index is 13.2. The Morgan fingerprint density at radius 3 is 2.47 bits per heavy atom. The number of methoxy groups -OCH3 is 2. The highest BCUT2D eigenvalue weighted by molar-refractivity contribution is 6.20. The van der Waals surface area contributed by atoms with E-state index in [4.69, 9.17) is 13.9 Å². The van der Waals surface area contributed by atoms with E-state index >= 15 is 0 Å². The van der Waals surface area contributed by atoms with Crippen molar-refractivity contribution in [3.63, 3.8) is 0 Å². The van der Waals surface area contributed by atoms with Crippen LogP contribution in [-0.2, 0) is 4.79 Å². The molecule has 3 aromatic rings. The van der Waals surface area contributed by atoms with Gasteiger partial charge in [-0.25, -0.2) is 4.99 Å². The molecule has 1 aliphatic heterocycles. The fourth-order valence-electron chi connectivity index (χ4n) is 3.28. The van der Waals surface area contributed by atoms with Gasteiger partial charge in [-0.05, 0) is 36.8 Å². The lowest BCUT2D eigenvalue weighted by Gasteiger charge is -2.19. The summed E-state index contributed by atoms with van der Waals surface area (Å²) in [5.74, 6) is 0.935. The van der Waals surface area contributed by atoms with Crippen LogP contribution in [0.3, 0.4) is 0 Å². The standard InChI is InChI=1S/C24H21N3O5/c1-15-18(11-12-32-15)23(28)26-27-22(17-7-5-4-6-8-17)25-19(24(27)29)13-16-9-10-20(30-2)21(14-16)31-3/h4-14H,1-3H3,(H,26,28)/b19-13-. The molecule has 0 unspecified atom stereocenters. The molecule has 0 fully saturated rings. The number of aryl methyl sites for hydroxylation is 1. The monoisotopic (exact) mass is 431 g/mol. The number of carbonyl (C=O) groups is 2. The Morgan fingerprint density at radius 2 is 1.81 bits per heavy atom. The minimum absolute atomic E-state index is 0.167. The summed E-state index contributed by atoms with van der Waals surface area (Å²) in [7, 11) is 3.09. The molecule has 4 rings (SSSR count). The molecule has 0 saturated heterocycles. The summed E-state index contributed by atoms with van der Waals surface area (Å²) < 4.78 is 15.8. The number of hydrogen-bond donors (Lipinski definition) is 1. The second-order valence-electron chi connectivity index (χ2n) is 6.92. The number of nitrogens with zero attached hydrogens (tertiary/aromatic N) is 2. The molecule has 0 radical (unpaired) electrons. The molecule has 1 aliphatic rings. The summed E-state index contributed by atoms with van der Waals surface area (Å²) in [4.78, 5) is 30.5. The van der Waals surface area contributed by atoms with Crippen LogP contribution in [0.2, 0.25) is 0 Å². The van der Waals surface area contributed by atoms with Gasteiger partial charge in [0.05, 0.1) is 26.0 Å². The van der Waals surface area contributed by atoms with Crippen LogP contribution in [-0.4, -0.2) is 36.9 Å². The van der Waals surface area contributed by atoms with Crippen molar-refractivity contribution in [2.45, 2.75) is 6.92 Å². The maximum absolute atomic E-state index is 13.2. The minimum Gasteiger partial charge on any atom is -0.493 e. The Morgan fingerprint density at radius 1 is 1.06 bits per heavy atom. The second kappa shape index (κ2) is 8.81. The molecule has 0 aliphatic carbocycles. The van der Waals surface area contributed by atoms with E-state index in [0.29, 0.717) is 39.8 Å². The molecular formula is C24H21N3O5. The van der Waals surface area contributed by atoms with Gasteiger partial charge < -0.3 is 13.9 Å². The lowest BCUT2D eigenvalue weighted by atomic mass is 10.1. The number of rotatable bonds is 6. The SMILES string of the molecule is COc1ccc(/C=C2\N=C(c3ccccc3)N(NC(=O)c3ccoc3C)C2=O)cc1OC. The van der Waals surface area contributed by atoms with E-state index in [9.17, 15) is 9.59 Å². The first-order chi connectivity index (χ1) is 15.5. The zero-order chi connectivity index (χ0) is 22.7. The summed E-state index contributed by atoms with van der Waals surface area (Å²) in [6.07, 6.45) is 3.05. The molecule has 1 N–H and O–H groups in total. The highest BCUT2D eigenvalue weighted by Gasteiger charge is 2.33. The van der Waals surface area contributed by atoms with Gasteiger partial charge in [0.2, 0.25) is 0 Å². The Hall–Kier alpha value is -4.33. The van der Waals surface area contributed by atoms with Crippen molar-refractivity contribution in [1.82, 2.24) is 10.4 Å². The van der Waals surface area contributed by atoms with Crippen LogP contribution >= 0.6 is 0 Å². The van der Waals surface area contributed by atoms with Crippen LogP contribution in [0.5, 0.6) is 11.5 Å². The van der Waals surface area contributed by atoms with Gasteiger partial charge in [-0.3, -0.25) is 15.0 Å². The zero-order valence-electron chi connectivity index (χ0n) is 17.8. The molecule has 32 heavy (non-hydrogen) atoms. The van der Waals surface area contributed by atoms with E-state index in [1.807, 2.05) is 30.3 Å². The van der Waals surface area contributed by atoms with Crippen molar-refractivity contribution in [3.05, 3.63) is 89.0 Å². The Balaban J connectivity index is 1.71. The van der Waals surface area contributed by atoms with E-state index < -0.39 is 11.8 Å². The van der Waals surface area contributed by atoms with E-state index in [2.05, 4.69) is 10.4 Å². The van der Waals surface area contributed by atoms with Crippen molar-refractivity contribution in [2.24, 2.45) is 4.99 Å². The van der Waals surface area contributed by atoms with Crippen LogP contribution in [0.15, 0.2) is 76.0 Å². The van der Waals surface area contributed by atoms with Crippen molar-refractivity contribution in [2.75, 3.05) is 14.2 Å². The van der Waals surface area contributed by atoms with Crippen molar-refractivity contribution >= 4 is 23.7 Å². The number of hydrazine groups is 1. The number of aliphatic imine (C=N–C) groups is 1. The second-order valence-corrected chi connectivity index (χ2v) is 6.92. The van der Waals surface area contributed by atoms with Crippen LogP contribution in [0, 0.1) is 6.92 Å². The fraction of sp³-hybridized carbons (Fsp3) is 0.125. The first-order valence-electron chi connectivity index (χ1n) is 9.79. The predicted octanol–water partition coefficient (Wildman–Crippen LogP) is 3.58. The average Bonchev–Trinajstić information content (AvgIpc) is 3.38. The molecule has 0 atom stereocenters. The topological polar surface area (TPSA) is 93.4 Å². The largest absolute Gasteiger partial charge is 0.493 e. The molecule has 0 bridgehead atoms. The Kier molecular flexibility index (Phi) is 5.76. The van der Waals surface area contributed by atoms with Crippen LogP contribution in [0.1, 0.15) is 27.2 Å². The van der Waals surface area contributed by atoms with Gasteiger partial charge in [-0.15, -0.1) is 0 Å². The number of carbonyl (C=O) groups excluding carboxylic acids is 2. The first-order valence-corrected chi connectivity index (χ1v) is 9.79. The van der Waals surface area contributed by atoms with Gasteiger partial charge in [0.25, 0.3) is 11.8 Å². The molecule has 1 aromatic heterocycles. The van der Waals surface area contributed by atoms with Crippen LogP contribution in [0.4, 0.5) is 0 Å². The highest BCUT2D eigenvalue weighted by Crippen LogP contribution is 2.29. The lowest BCUT2D eigenvalue weighted by molar-refractivity contribution is -0.124. The third-order valence-electron chi connectivity index (χ3n) is 4.92. The van der Waals surface area contributed by atoms with Gasteiger partial charge in [-0.2, -0.15) is 5.01 Å². The average molecular weight is 431 g/mol. The van der Waals surface area contributed by atoms with Crippen LogP contribution in [0.25, 0.3) is 6.08 Å². The number of furan rings is 1. The molecular weight excluding hydrogens is 410 g/mol. The molecule has 8 nitrogen and oxygen atoms in total. The van der Waals surface area contributed by atoms with E-state index in [1.54, 1.807) is 44.4 Å². The number of ether oxygens (including phenoxy) is 2. The van der Waals surface area contributed by atoms with Gasteiger partial charge in [0.1, 0.15) is 11.5 Å². The Labute approximate surface area is 184 Å².